The Morgan fingerprint density at radius 1 is 1.56 bits per heavy atom. The molecule has 0 saturated heterocycles. The maximum absolute atomic E-state index is 11.6. The first-order chi connectivity index (χ1) is 7.61. The lowest BCUT2D eigenvalue weighted by molar-refractivity contribution is -0.121. The van der Waals surface area contributed by atoms with E-state index < -0.39 is 6.61 Å². The molecule has 0 aliphatic rings. The fourth-order valence-electron chi connectivity index (χ4n) is 1.60. The summed E-state index contributed by atoms with van der Waals surface area (Å²) in [6.45, 7) is 4.38. The number of nitrogens with zero attached hydrogens (tertiary/aromatic N) is 1. The van der Waals surface area contributed by atoms with Gasteiger partial charge in [-0.05, 0) is 24.8 Å². The lowest BCUT2D eigenvalue weighted by Gasteiger charge is -2.22. The van der Waals surface area contributed by atoms with Crippen LogP contribution in [0.3, 0.4) is 0 Å². The molecule has 1 amide bonds. The molecule has 0 saturated carbocycles. The van der Waals surface area contributed by atoms with Crippen molar-refractivity contribution in [3.63, 3.8) is 0 Å². The van der Waals surface area contributed by atoms with Gasteiger partial charge >= 0.3 is 0 Å². The van der Waals surface area contributed by atoms with Crippen LogP contribution in [0, 0.1) is 13.8 Å². The number of aryl methyl sites for hydroxylation is 2. The fraction of sp³-hybridized carbons (Fsp3) is 0.545. The average Bonchev–Trinajstić information content (AvgIpc) is 2.60. The van der Waals surface area contributed by atoms with Gasteiger partial charge in [0, 0.05) is 18.5 Å². The number of ether oxygens (including phenoxy) is 1. The van der Waals surface area contributed by atoms with Crippen LogP contribution in [0.5, 0.6) is 0 Å². The minimum atomic E-state index is -0.474. The summed E-state index contributed by atoms with van der Waals surface area (Å²) in [5.41, 5.74) is 1.96. The first kappa shape index (κ1) is 13.2. The van der Waals surface area contributed by atoms with Crippen molar-refractivity contribution in [2.45, 2.75) is 13.8 Å². The third kappa shape index (κ3) is 2.81. The highest BCUT2D eigenvalue weighted by Crippen LogP contribution is 2.30. The molecule has 0 atom stereocenters. The minimum Gasteiger partial charge on any atom is -0.387 e. The third-order valence-corrected chi connectivity index (χ3v) is 3.36. The SMILES string of the molecule is COCCN(C(=O)CO)c1c(C)csc1C. The molecule has 1 aromatic rings. The minimum absolute atomic E-state index is 0.290. The van der Waals surface area contributed by atoms with Crippen molar-refractivity contribution in [2.24, 2.45) is 0 Å². The molecule has 0 fully saturated rings. The first-order valence-electron chi connectivity index (χ1n) is 5.06. The Kier molecular flexibility index (Phi) is 4.92. The molecule has 0 unspecified atom stereocenters. The second-order valence-corrected chi connectivity index (χ2v) is 4.60. The number of aliphatic hydroxyl groups excluding tert-OH is 1. The Morgan fingerprint density at radius 2 is 2.25 bits per heavy atom. The Balaban J connectivity index is 2.96. The van der Waals surface area contributed by atoms with Gasteiger partial charge in [0.05, 0.1) is 12.3 Å². The highest BCUT2D eigenvalue weighted by atomic mass is 32.1. The molecule has 0 aliphatic heterocycles. The molecule has 0 aliphatic carbocycles. The predicted molar refractivity (Wildman–Crippen MR) is 65.1 cm³/mol. The number of anilines is 1. The molecular weight excluding hydrogens is 226 g/mol. The smallest absolute Gasteiger partial charge is 0.252 e. The zero-order chi connectivity index (χ0) is 12.1. The van der Waals surface area contributed by atoms with Crippen LogP contribution in [-0.2, 0) is 9.53 Å². The Morgan fingerprint density at radius 3 is 2.69 bits per heavy atom. The van der Waals surface area contributed by atoms with Crippen molar-refractivity contribution in [1.29, 1.82) is 0 Å². The normalized spacial score (nSPS) is 10.5. The summed E-state index contributed by atoms with van der Waals surface area (Å²) in [6.07, 6.45) is 0. The second kappa shape index (κ2) is 5.98. The van der Waals surface area contributed by atoms with E-state index in [0.29, 0.717) is 13.2 Å². The predicted octanol–water partition coefficient (Wildman–Crippen LogP) is 1.34. The van der Waals surface area contributed by atoms with E-state index >= 15 is 0 Å². The van der Waals surface area contributed by atoms with E-state index in [9.17, 15) is 4.79 Å². The average molecular weight is 243 g/mol. The van der Waals surface area contributed by atoms with Crippen LogP contribution in [0.4, 0.5) is 5.69 Å². The number of aliphatic hydroxyl groups is 1. The van der Waals surface area contributed by atoms with Gasteiger partial charge in [-0.1, -0.05) is 0 Å². The van der Waals surface area contributed by atoms with Gasteiger partial charge in [-0.15, -0.1) is 11.3 Å². The largest absolute Gasteiger partial charge is 0.387 e. The fourth-order valence-corrected chi connectivity index (χ4v) is 2.45. The molecule has 90 valence electrons. The summed E-state index contributed by atoms with van der Waals surface area (Å²) in [4.78, 5) is 14.3. The van der Waals surface area contributed by atoms with E-state index in [4.69, 9.17) is 9.84 Å². The monoisotopic (exact) mass is 243 g/mol. The molecule has 1 aromatic heterocycles. The van der Waals surface area contributed by atoms with Crippen molar-refractivity contribution < 1.29 is 14.6 Å². The molecule has 1 rings (SSSR count). The van der Waals surface area contributed by atoms with Gasteiger partial charge < -0.3 is 14.7 Å². The van der Waals surface area contributed by atoms with Gasteiger partial charge in [0.25, 0.3) is 5.91 Å². The van der Waals surface area contributed by atoms with Crippen molar-refractivity contribution in [3.05, 3.63) is 15.8 Å². The molecule has 1 N–H and O–H groups in total. The molecular formula is C11H17NO3S. The summed E-state index contributed by atoms with van der Waals surface area (Å²) in [7, 11) is 1.59. The number of rotatable bonds is 5. The molecule has 16 heavy (non-hydrogen) atoms. The van der Waals surface area contributed by atoms with Crippen LogP contribution in [0.25, 0.3) is 0 Å². The van der Waals surface area contributed by atoms with Crippen LogP contribution < -0.4 is 4.90 Å². The van der Waals surface area contributed by atoms with Crippen molar-refractivity contribution in [1.82, 2.24) is 0 Å². The number of amides is 1. The molecule has 0 radical (unpaired) electrons. The third-order valence-electron chi connectivity index (χ3n) is 2.34. The number of hydrogen-bond acceptors (Lipinski definition) is 4. The number of thiophene rings is 1. The lowest BCUT2D eigenvalue weighted by atomic mass is 10.2. The molecule has 0 bridgehead atoms. The molecule has 0 aromatic carbocycles. The number of methoxy groups -OCH3 is 1. The highest BCUT2D eigenvalue weighted by Gasteiger charge is 2.19. The van der Waals surface area contributed by atoms with E-state index in [2.05, 4.69) is 0 Å². The highest BCUT2D eigenvalue weighted by molar-refractivity contribution is 7.10. The summed E-state index contributed by atoms with van der Waals surface area (Å²) in [5.74, 6) is -0.290. The standard InChI is InChI=1S/C11H17NO3S/c1-8-7-16-9(2)11(8)12(4-5-15-3)10(14)6-13/h7,13H,4-6H2,1-3H3. The van der Waals surface area contributed by atoms with Gasteiger partial charge in [-0.3, -0.25) is 4.79 Å². The van der Waals surface area contributed by atoms with Crippen molar-refractivity contribution >= 4 is 22.9 Å². The van der Waals surface area contributed by atoms with Crippen LogP contribution in [-0.4, -0.2) is 37.9 Å². The van der Waals surface area contributed by atoms with Crippen molar-refractivity contribution in [2.75, 3.05) is 31.8 Å². The quantitative estimate of drug-likeness (QED) is 0.849. The maximum atomic E-state index is 11.6. The zero-order valence-electron chi connectivity index (χ0n) is 9.82. The molecule has 5 heteroatoms. The molecule has 0 spiro atoms. The van der Waals surface area contributed by atoms with Gasteiger partial charge in [-0.2, -0.15) is 0 Å². The summed E-state index contributed by atoms with van der Waals surface area (Å²) in [6, 6.07) is 0. The Bertz CT molecular complexity index is 343. The summed E-state index contributed by atoms with van der Waals surface area (Å²) in [5, 5.41) is 11.0. The van der Waals surface area contributed by atoms with Crippen LogP contribution in [0.2, 0.25) is 0 Å². The van der Waals surface area contributed by atoms with Crippen molar-refractivity contribution in [3.8, 4) is 0 Å². The Hall–Kier alpha value is -0.910. The number of carbonyl (C=O) groups is 1. The second-order valence-electron chi connectivity index (χ2n) is 3.52. The van der Waals surface area contributed by atoms with Crippen LogP contribution >= 0.6 is 11.3 Å². The topological polar surface area (TPSA) is 49.8 Å². The van der Waals surface area contributed by atoms with E-state index in [0.717, 1.165) is 16.1 Å². The molecule has 4 nitrogen and oxygen atoms in total. The van der Waals surface area contributed by atoms with Gasteiger partial charge in [-0.25, -0.2) is 0 Å². The summed E-state index contributed by atoms with van der Waals surface area (Å²) < 4.78 is 4.97. The zero-order valence-corrected chi connectivity index (χ0v) is 10.6. The van der Waals surface area contributed by atoms with Crippen LogP contribution in [0.15, 0.2) is 5.38 Å². The maximum Gasteiger partial charge on any atom is 0.252 e. The number of carbonyl (C=O) groups excluding carboxylic acids is 1. The van der Waals surface area contributed by atoms with Gasteiger partial charge in [0.2, 0.25) is 0 Å². The van der Waals surface area contributed by atoms with Gasteiger partial charge in [0.15, 0.2) is 0 Å². The van der Waals surface area contributed by atoms with Crippen LogP contribution in [0.1, 0.15) is 10.4 Å². The van der Waals surface area contributed by atoms with E-state index in [1.54, 1.807) is 23.3 Å². The van der Waals surface area contributed by atoms with Gasteiger partial charge in [0.1, 0.15) is 6.61 Å². The first-order valence-corrected chi connectivity index (χ1v) is 5.94. The lowest BCUT2D eigenvalue weighted by Crippen LogP contribution is -2.36. The Labute approximate surface area is 99.5 Å². The van der Waals surface area contributed by atoms with E-state index in [-0.39, 0.29) is 5.91 Å². The van der Waals surface area contributed by atoms with E-state index in [1.807, 2.05) is 19.2 Å². The number of hydrogen-bond donors (Lipinski definition) is 1. The molecule has 1 heterocycles. The van der Waals surface area contributed by atoms with E-state index in [1.165, 1.54) is 0 Å². The summed E-state index contributed by atoms with van der Waals surface area (Å²) >= 11 is 1.60.